The van der Waals surface area contributed by atoms with Gasteiger partial charge in [-0.15, -0.1) is 0 Å². The van der Waals surface area contributed by atoms with Gasteiger partial charge in [-0.3, -0.25) is 9.78 Å². The molecule has 0 spiro atoms. The van der Waals surface area contributed by atoms with E-state index >= 15 is 0 Å². The molecular weight excluding hydrogens is 278 g/mol. The van der Waals surface area contributed by atoms with Crippen molar-refractivity contribution in [2.24, 2.45) is 0 Å². The van der Waals surface area contributed by atoms with Crippen molar-refractivity contribution in [1.29, 1.82) is 0 Å². The number of thioether (sulfide) groups is 1. The van der Waals surface area contributed by atoms with Gasteiger partial charge in [-0.25, -0.2) is 9.89 Å². The highest BCUT2D eigenvalue weighted by Crippen LogP contribution is 2.14. The van der Waals surface area contributed by atoms with Gasteiger partial charge in [0.15, 0.2) is 5.03 Å². The number of nitrogens with one attached hydrogen (secondary N) is 2. The molecular formula is C13H15N3O3S. The molecule has 0 aliphatic carbocycles. The van der Waals surface area contributed by atoms with E-state index in [0.717, 1.165) is 12.2 Å². The summed E-state index contributed by atoms with van der Waals surface area (Å²) in [7, 11) is 0. The van der Waals surface area contributed by atoms with Crippen molar-refractivity contribution < 1.29 is 4.74 Å². The van der Waals surface area contributed by atoms with Gasteiger partial charge in [-0.05, 0) is 24.1 Å². The zero-order chi connectivity index (χ0) is 14.4. The zero-order valence-electron chi connectivity index (χ0n) is 11.0. The van der Waals surface area contributed by atoms with Crippen LogP contribution >= 0.6 is 11.8 Å². The van der Waals surface area contributed by atoms with Gasteiger partial charge in [0, 0.05) is 5.75 Å². The summed E-state index contributed by atoms with van der Waals surface area (Å²) in [5.74, 6) is 1.36. The standard InChI is InChI=1S/C13H15N3O3S/c1-2-9-3-5-10(6-4-9)19-7-8-20-12-11(17)14-13(18)16-15-12/h3-6H,2,7-8H2,1H3,(H2,14,16,17,18). The van der Waals surface area contributed by atoms with Crippen molar-refractivity contribution in [3.05, 3.63) is 50.7 Å². The molecule has 6 nitrogen and oxygen atoms in total. The maximum absolute atomic E-state index is 11.4. The van der Waals surface area contributed by atoms with Gasteiger partial charge >= 0.3 is 5.69 Å². The highest BCUT2D eigenvalue weighted by Gasteiger charge is 2.03. The Morgan fingerprint density at radius 3 is 2.65 bits per heavy atom. The SMILES string of the molecule is CCc1ccc(OCCSc2n[nH]c(=O)[nH]c2=O)cc1. The van der Waals surface area contributed by atoms with E-state index in [-0.39, 0.29) is 5.03 Å². The summed E-state index contributed by atoms with van der Waals surface area (Å²) >= 11 is 1.23. The number of H-pyrrole nitrogens is 2. The quantitative estimate of drug-likeness (QED) is 0.617. The normalized spacial score (nSPS) is 10.4. The molecule has 106 valence electrons. The topological polar surface area (TPSA) is 87.8 Å². The molecule has 0 atom stereocenters. The molecule has 7 heteroatoms. The zero-order valence-corrected chi connectivity index (χ0v) is 11.8. The molecule has 0 amide bonds. The second-order valence-electron chi connectivity index (χ2n) is 4.01. The Hall–Kier alpha value is -2.02. The lowest BCUT2D eigenvalue weighted by atomic mass is 10.2. The number of aromatic amines is 2. The largest absolute Gasteiger partial charge is 0.493 e. The molecule has 0 unspecified atom stereocenters. The predicted octanol–water partition coefficient (Wildman–Crippen LogP) is 1.19. The van der Waals surface area contributed by atoms with Crippen molar-refractivity contribution in [2.45, 2.75) is 18.4 Å². The van der Waals surface area contributed by atoms with Crippen LogP contribution in [0.2, 0.25) is 0 Å². The highest BCUT2D eigenvalue weighted by atomic mass is 32.2. The fourth-order valence-electron chi connectivity index (χ4n) is 1.55. The van der Waals surface area contributed by atoms with Gasteiger partial charge in [0.1, 0.15) is 5.75 Å². The summed E-state index contributed by atoms with van der Waals surface area (Å²) in [6.07, 6.45) is 0.997. The fourth-order valence-corrected chi connectivity index (χ4v) is 2.21. The smallest absolute Gasteiger partial charge is 0.342 e. The molecule has 1 heterocycles. The number of ether oxygens (including phenoxy) is 1. The van der Waals surface area contributed by atoms with Gasteiger partial charge < -0.3 is 4.74 Å². The minimum absolute atomic E-state index is 0.231. The average molecular weight is 293 g/mol. The Morgan fingerprint density at radius 2 is 2.00 bits per heavy atom. The molecule has 2 N–H and O–H groups in total. The lowest BCUT2D eigenvalue weighted by Gasteiger charge is -2.06. The second kappa shape index (κ2) is 6.95. The van der Waals surface area contributed by atoms with Crippen LogP contribution in [0.15, 0.2) is 38.9 Å². The number of aromatic nitrogens is 3. The van der Waals surface area contributed by atoms with Gasteiger partial charge in [0.2, 0.25) is 0 Å². The van der Waals surface area contributed by atoms with E-state index in [1.54, 1.807) is 0 Å². The third kappa shape index (κ3) is 3.99. The summed E-state index contributed by atoms with van der Waals surface area (Å²) in [6.45, 7) is 2.55. The van der Waals surface area contributed by atoms with Crippen LogP contribution in [0, 0.1) is 0 Å². The van der Waals surface area contributed by atoms with Crippen molar-refractivity contribution in [1.82, 2.24) is 15.2 Å². The first-order valence-electron chi connectivity index (χ1n) is 6.22. The number of aryl methyl sites for hydroxylation is 1. The van der Waals surface area contributed by atoms with Gasteiger partial charge in [0.25, 0.3) is 5.56 Å². The van der Waals surface area contributed by atoms with E-state index in [4.69, 9.17) is 4.74 Å². The average Bonchev–Trinajstić information content (AvgIpc) is 2.46. The van der Waals surface area contributed by atoms with Crippen LogP contribution in [0.1, 0.15) is 12.5 Å². The predicted molar refractivity (Wildman–Crippen MR) is 77.5 cm³/mol. The van der Waals surface area contributed by atoms with E-state index in [9.17, 15) is 9.59 Å². The molecule has 0 aliphatic rings. The number of nitrogens with zero attached hydrogens (tertiary/aromatic N) is 1. The lowest BCUT2D eigenvalue weighted by molar-refractivity contribution is 0.344. The summed E-state index contributed by atoms with van der Waals surface area (Å²) < 4.78 is 5.56. The Kier molecular flexibility index (Phi) is 5.00. The van der Waals surface area contributed by atoms with Crippen LogP contribution in [-0.4, -0.2) is 27.5 Å². The van der Waals surface area contributed by atoms with Crippen LogP contribution in [0.25, 0.3) is 0 Å². The molecule has 20 heavy (non-hydrogen) atoms. The van der Waals surface area contributed by atoms with E-state index < -0.39 is 11.2 Å². The Labute approximate surface area is 119 Å². The van der Waals surface area contributed by atoms with Crippen molar-refractivity contribution in [3.63, 3.8) is 0 Å². The van der Waals surface area contributed by atoms with Gasteiger partial charge in [-0.2, -0.15) is 5.10 Å². The van der Waals surface area contributed by atoms with Crippen LogP contribution < -0.4 is 16.0 Å². The first-order valence-corrected chi connectivity index (χ1v) is 7.21. The third-order valence-corrected chi connectivity index (χ3v) is 3.52. The van der Waals surface area contributed by atoms with Crippen molar-refractivity contribution in [3.8, 4) is 5.75 Å². The molecule has 2 aromatic rings. The lowest BCUT2D eigenvalue weighted by Crippen LogP contribution is -2.25. The van der Waals surface area contributed by atoms with Crippen molar-refractivity contribution >= 4 is 11.8 Å². The minimum atomic E-state index is -0.605. The van der Waals surface area contributed by atoms with E-state index in [0.29, 0.717) is 12.4 Å². The summed E-state index contributed by atoms with van der Waals surface area (Å²) in [4.78, 5) is 24.3. The highest BCUT2D eigenvalue weighted by molar-refractivity contribution is 7.99. The molecule has 1 aromatic heterocycles. The Bertz CT molecular complexity index is 664. The summed E-state index contributed by atoms with van der Waals surface area (Å²) in [6, 6.07) is 7.90. The van der Waals surface area contributed by atoms with E-state index in [2.05, 4.69) is 22.1 Å². The third-order valence-electron chi connectivity index (χ3n) is 2.60. The number of benzene rings is 1. The molecule has 1 aromatic carbocycles. The maximum Gasteiger partial charge on any atom is 0.342 e. The van der Waals surface area contributed by atoms with E-state index in [1.807, 2.05) is 24.3 Å². The molecule has 0 aliphatic heterocycles. The van der Waals surface area contributed by atoms with Crippen LogP contribution in [-0.2, 0) is 6.42 Å². The Balaban J connectivity index is 1.81. The first kappa shape index (κ1) is 14.4. The van der Waals surface area contributed by atoms with Crippen LogP contribution in [0.3, 0.4) is 0 Å². The monoisotopic (exact) mass is 293 g/mol. The Morgan fingerprint density at radius 1 is 1.25 bits per heavy atom. The summed E-state index contributed by atoms with van der Waals surface area (Å²) in [5.41, 5.74) is 0.174. The van der Waals surface area contributed by atoms with Crippen LogP contribution in [0.4, 0.5) is 0 Å². The fraction of sp³-hybridized carbons (Fsp3) is 0.308. The van der Waals surface area contributed by atoms with Crippen LogP contribution in [0.5, 0.6) is 5.75 Å². The molecule has 0 radical (unpaired) electrons. The summed E-state index contributed by atoms with van der Waals surface area (Å²) in [5, 5.41) is 6.09. The number of hydrogen-bond acceptors (Lipinski definition) is 5. The second-order valence-corrected chi connectivity index (χ2v) is 5.09. The van der Waals surface area contributed by atoms with Crippen molar-refractivity contribution in [2.75, 3.05) is 12.4 Å². The minimum Gasteiger partial charge on any atom is -0.493 e. The molecule has 0 bridgehead atoms. The van der Waals surface area contributed by atoms with E-state index in [1.165, 1.54) is 17.3 Å². The molecule has 0 saturated carbocycles. The molecule has 0 saturated heterocycles. The number of hydrogen-bond donors (Lipinski definition) is 2. The first-order chi connectivity index (χ1) is 9.69. The molecule has 2 rings (SSSR count). The van der Waals surface area contributed by atoms with Gasteiger partial charge in [-0.1, -0.05) is 30.8 Å². The van der Waals surface area contributed by atoms with Gasteiger partial charge in [0.05, 0.1) is 6.61 Å². The maximum atomic E-state index is 11.4. The molecule has 0 fully saturated rings. The number of rotatable bonds is 6.